The van der Waals surface area contributed by atoms with Crippen molar-refractivity contribution in [2.75, 3.05) is 18.1 Å². The van der Waals surface area contributed by atoms with Crippen molar-refractivity contribution in [1.29, 1.82) is 0 Å². The van der Waals surface area contributed by atoms with E-state index in [-0.39, 0.29) is 4.58 Å². The number of unbranched alkanes of at least 4 members (excludes halogenated alkanes) is 10. The summed E-state index contributed by atoms with van der Waals surface area (Å²) in [7, 11) is 0. The molecular weight excluding hydrogens is 380 g/mol. The molecule has 0 rings (SSSR count). The van der Waals surface area contributed by atoms with E-state index in [1.807, 2.05) is 0 Å². The summed E-state index contributed by atoms with van der Waals surface area (Å²) in [6.45, 7) is 3.90. The Morgan fingerprint density at radius 2 is 1.00 bits per heavy atom. The summed E-state index contributed by atoms with van der Waals surface area (Å²) in [5.74, 6) is 1.92. The van der Waals surface area contributed by atoms with Crippen molar-refractivity contribution in [2.45, 2.75) is 114 Å². The first-order valence-corrected chi connectivity index (χ1v) is 13.1. The number of aliphatic hydroxyl groups is 4. The Balaban J connectivity index is 4.20. The summed E-state index contributed by atoms with van der Waals surface area (Å²) >= 11 is 3.36. The van der Waals surface area contributed by atoms with Crippen molar-refractivity contribution < 1.29 is 20.4 Å². The van der Waals surface area contributed by atoms with Gasteiger partial charge < -0.3 is 20.4 Å². The Morgan fingerprint density at radius 3 is 1.41 bits per heavy atom. The molecule has 0 amide bonds. The fourth-order valence-corrected chi connectivity index (χ4v) is 5.79. The van der Waals surface area contributed by atoms with Crippen LogP contribution in [-0.2, 0) is 0 Å². The normalized spacial score (nSPS) is 15.2. The van der Waals surface area contributed by atoms with Gasteiger partial charge in [-0.3, -0.25) is 0 Å². The van der Waals surface area contributed by atoms with Crippen LogP contribution >= 0.6 is 23.5 Å². The van der Waals surface area contributed by atoms with Gasteiger partial charge in [0, 0.05) is 0 Å². The van der Waals surface area contributed by atoms with Gasteiger partial charge in [-0.15, -0.1) is 23.5 Å². The summed E-state index contributed by atoms with van der Waals surface area (Å²) < 4.78 is -0.160. The van der Waals surface area contributed by atoms with Gasteiger partial charge in [0.2, 0.25) is 0 Å². The molecule has 0 spiro atoms. The zero-order valence-corrected chi connectivity index (χ0v) is 19.2. The van der Waals surface area contributed by atoms with Crippen LogP contribution in [-0.4, -0.2) is 61.4 Å². The van der Waals surface area contributed by atoms with Gasteiger partial charge in [-0.05, 0) is 24.3 Å². The molecule has 0 aromatic carbocycles. The lowest BCUT2D eigenvalue weighted by atomic mass is 10.1. The number of rotatable bonds is 20. The molecule has 0 radical (unpaired) electrons. The molecule has 3 atom stereocenters. The van der Waals surface area contributed by atoms with Gasteiger partial charge in [-0.2, -0.15) is 0 Å². The fourth-order valence-electron chi connectivity index (χ4n) is 2.91. The van der Waals surface area contributed by atoms with Crippen LogP contribution in [0.25, 0.3) is 0 Å². The SMILES string of the molecule is CCCCCCCCSC(SCCCCCCCC)[C@H](O)[C@@H](O)[C@H](O)CO. The van der Waals surface area contributed by atoms with E-state index in [9.17, 15) is 15.3 Å². The average Bonchev–Trinajstić information content (AvgIpc) is 2.69. The first-order chi connectivity index (χ1) is 13.1. The monoisotopic (exact) mass is 424 g/mol. The van der Waals surface area contributed by atoms with Gasteiger partial charge in [0.15, 0.2) is 0 Å². The average molecular weight is 425 g/mol. The van der Waals surface area contributed by atoms with E-state index in [0.29, 0.717) is 0 Å². The molecule has 0 heterocycles. The maximum atomic E-state index is 10.5. The fraction of sp³-hybridized carbons (Fsp3) is 1.00. The zero-order valence-electron chi connectivity index (χ0n) is 17.5. The smallest absolute Gasteiger partial charge is 0.110 e. The van der Waals surface area contributed by atoms with Gasteiger partial charge in [0.25, 0.3) is 0 Å². The molecule has 0 aromatic heterocycles. The van der Waals surface area contributed by atoms with Crippen molar-refractivity contribution in [3.8, 4) is 0 Å². The van der Waals surface area contributed by atoms with Crippen LogP contribution in [0.4, 0.5) is 0 Å². The number of hydrogen-bond acceptors (Lipinski definition) is 6. The molecule has 0 fully saturated rings. The largest absolute Gasteiger partial charge is 0.394 e. The van der Waals surface area contributed by atoms with Crippen LogP contribution < -0.4 is 0 Å². The molecule has 0 aliphatic rings. The van der Waals surface area contributed by atoms with E-state index in [4.69, 9.17) is 5.11 Å². The maximum Gasteiger partial charge on any atom is 0.110 e. The second-order valence-electron chi connectivity index (χ2n) is 7.38. The highest BCUT2D eigenvalue weighted by molar-refractivity contribution is 8.17. The number of aliphatic hydroxyl groups excluding tert-OH is 4. The molecule has 27 heavy (non-hydrogen) atoms. The van der Waals surface area contributed by atoms with E-state index in [0.717, 1.165) is 24.3 Å². The molecule has 6 heteroatoms. The third-order valence-corrected chi connectivity index (χ3v) is 7.85. The molecule has 0 unspecified atom stereocenters. The van der Waals surface area contributed by atoms with Crippen LogP contribution in [0.2, 0.25) is 0 Å². The lowest BCUT2D eigenvalue weighted by Crippen LogP contribution is -2.44. The highest BCUT2D eigenvalue weighted by Gasteiger charge is 2.31. The van der Waals surface area contributed by atoms with Crippen molar-refractivity contribution in [1.82, 2.24) is 0 Å². The second kappa shape index (κ2) is 19.8. The molecule has 0 saturated carbocycles. The van der Waals surface area contributed by atoms with E-state index in [1.165, 1.54) is 64.2 Å². The van der Waals surface area contributed by atoms with Gasteiger partial charge in [0.05, 0.1) is 11.2 Å². The summed E-state index contributed by atoms with van der Waals surface area (Å²) in [5, 5.41) is 39.2. The molecule has 4 nitrogen and oxygen atoms in total. The molecule has 164 valence electrons. The van der Waals surface area contributed by atoms with Crippen molar-refractivity contribution in [3.63, 3.8) is 0 Å². The van der Waals surface area contributed by atoms with Crippen molar-refractivity contribution in [3.05, 3.63) is 0 Å². The quantitative estimate of drug-likeness (QED) is 0.169. The van der Waals surface area contributed by atoms with Crippen LogP contribution in [0.15, 0.2) is 0 Å². The standard InChI is InChI=1S/C21H44O4S2/c1-3-5-7-9-11-13-15-26-21(20(25)19(24)18(23)17-22)27-16-14-12-10-8-6-4-2/h18-25H,3-17H2,1-2H3/t18-,19+,20-/m1/s1. The van der Waals surface area contributed by atoms with Crippen LogP contribution in [0.3, 0.4) is 0 Å². The highest BCUT2D eigenvalue weighted by Crippen LogP contribution is 2.31. The first kappa shape index (κ1) is 27.5. The third-order valence-electron chi connectivity index (χ3n) is 4.77. The van der Waals surface area contributed by atoms with E-state index in [1.54, 1.807) is 23.5 Å². The highest BCUT2D eigenvalue weighted by atomic mass is 32.2. The summed E-state index contributed by atoms with van der Waals surface area (Å²) in [4.78, 5) is 0. The minimum Gasteiger partial charge on any atom is -0.394 e. The van der Waals surface area contributed by atoms with Gasteiger partial charge in [-0.1, -0.05) is 78.1 Å². The predicted octanol–water partition coefficient (Wildman–Crippen LogP) is 4.57. The molecule has 0 aliphatic heterocycles. The lowest BCUT2D eigenvalue weighted by molar-refractivity contribution is -0.0706. The third kappa shape index (κ3) is 15.1. The summed E-state index contributed by atoms with van der Waals surface area (Å²) in [6, 6.07) is 0. The molecule has 0 bridgehead atoms. The molecule has 0 aromatic rings. The van der Waals surface area contributed by atoms with Crippen LogP contribution in [0.5, 0.6) is 0 Å². The van der Waals surface area contributed by atoms with Crippen molar-refractivity contribution >= 4 is 23.5 Å². The van der Waals surface area contributed by atoms with Crippen LogP contribution in [0, 0.1) is 0 Å². The lowest BCUT2D eigenvalue weighted by Gasteiger charge is -2.28. The molecule has 4 N–H and O–H groups in total. The topological polar surface area (TPSA) is 80.9 Å². The maximum absolute atomic E-state index is 10.5. The second-order valence-corrected chi connectivity index (χ2v) is 10.2. The minimum absolute atomic E-state index is 0.160. The summed E-state index contributed by atoms with van der Waals surface area (Å²) in [5.41, 5.74) is 0. The molecule has 0 aliphatic carbocycles. The number of thioether (sulfide) groups is 2. The zero-order chi connectivity index (χ0) is 20.3. The van der Waals surface area contributed by atoms with Crippen molar-refractivity contribution in [2.24, 2.45) is 0 Å². The Morgan fingerprint density at radius 1 is 0.593 bits per heavy atom. The predicted molar refractivity (Wildman–Crippen MR) is 121 cm³/mol. The molecular formula is C21H44O4S2. The van der Waals surface area contributed by atoms with Gasteiger partial charge >= 0.3 is 0 Å². The minimum atomic E-state index is -1.30. The van der Waals surface area contributed by atoms with E-state index < -0.39 is 24.9 Å². The van der Waals surface area contributed by atoms with E-state index >= 15 is 0 Å². The summed E-state index contributed by atoms with van der Waals surface area (Å²) in [6.07, 6.45) is 11.3. The number of hydrogen-bond donors (Lipinski definition) is 4. The Bertz CT molecular complexity index is 290. The first-order valence-electron chi connectivity index (χ1n) is 11.0. The Labute approximate surface area is 175 Å². The van der Waals surface area contributed by atoms with Crippen LogP contribution in [0.1, 0.15) is 90.9 Å². The van der Waals surface area contributed by atoms with E-state index in [2.05, 4.69) is 13.8 Å². The Hall–Kier alpha value is 0.540. The molecule has 0 saturated heterocycles. The van der Waals surface area contributed by atoms with Gasteiger partial charge in [-0.25, -0.2) is 0 Å². The van der Waals surface area contributed by atoms with Gasteiger partial charge in [0.1, 0.15) is 18.3 Å². The Kier molecular flexibility index (Phi) is 20.2.